The third-order valence-corrected chi connectivity index (χ3v) is 1.13. The molecule has 0 fully saturated rings. The fourth-order valence-electron chi connectivity index (χ4n) is 0.460. The average Bonchev–Trinajstić information content (AvgIpc) is 1.98. The molecule has 68 valence electrons. The van der Waals surface area contributed by atoms with E-state index in [1.54, 1.807) is 0 Å². The van der Waals surface area contributed by atoms with Crippen LogP contribution in [0.1, 0.15) is 13.8 Å². The zero-order valence-electron chi connectivity index (χ0n) is 7.20. The van der Waals surface area contributed by atoms with E-state index in [0.29, 0.717) is 11.7 Å². The van der Waals surface area contributed by atoms with Gasteiger partial charge < -0.3 is 9.47 Å². The van der Waals surface area contributed by atoms with Crippen molar-refractivity contribution in [3.05, 3.63) is 12.3 Å². The van der Waals surface area contributed by atoms with Gasteiger partial charge in [0.1, 0.15) is 6.61 Å². The molecule has 3 nitrogen and oxygen atoms in total. The summed E-state index contributed by atoms with van der Waals surface area (Å²) in [6.45, 7) is 3.91. The van der Waals surface area contributed by atoms with Crippen LogP contribution in [0.5, 0.6) is 0 Å². The van der Waals surface area contributed by atoms with Crippen LogP contribution >= 0.6 is 12.2 Å². The Labute approximate surface area is 77.4 Å². The van der Waals surface area contributed by atoms with Gasteiger partial charge in [0.05, 0.1) is 12.9 Å². The minimum atomic E-state index is -0.0259. The third-order valence-electron chi connectivity index (χ3n) is 0.874. The van der Waals surface area contributed by atoms with Crippen LogP contribution in [0.2, 0.25) is 0 Å². The fraction of sp³-hybridized carbons (Fsp3) is 0.500. The molecule has 0 spiro atoms. The number of hydrogen-bond acceptors (Lipinski definition) is 4. The third kappa shape index (κ3) is 7.21. The zero-order chi connectivity index (χ0) is 9.40. The highest BCUT2D eigenvalue weighted by Gasteiger charge is 1.90. The number of Topliss-reactive ketones (excluding diaryl/α,β-unsaturated/α-hetero) is 1. The van der Waals surface area contributed by atoms with E-state index in [9.17, 15) is 4.79 Å². The van der Waals surface area contributed by atoms with Crippen LogP contribution in [0.25, 0.3) is 0 Å². The van der Waals surface area contributed by atoms with Crippen molar-refractivity contribution in [3.8, 4) is 0 Å². The second kappa shape index (κ2) is 6.79. The Morgan fingerprint density at radius 3 is 2.75 bits per heavy atom. The molecule has 0 aromatic heterocycles. The van der Waals surface area contributed by atoms with Crippen LogP contribution in [0, 0.1) is 0 Å². The quantitative estimate of drug-likeness (QED) is 0.372. The monoisotopic (exact) mass is 188 g/mol. The Hall–Kier alpha value is -0.900. The normalized spacial score (nSPS) is 9.83. The molecular formula is C8H12O3S. The maximum atomic E-state index is 10.4. The van der Waals surface area contributed by atoms with Crippen LogP contribution in [-0.4, -0.2) is 24.0 Å². The number of hydrogen-bond donors (Lipinski definition) is 0. The van der Waals surface area contributed by atoms with Gasteiger partial charge in [0.25, 0.3) is 0 Å². The second-order valence-corrected chi connectivity index (χ2v) is 2.47. The molecule has 0 aliphatic carbocycles. The zero-order valence-corrected chi connectivity index (χ0v) is 8.02. The van der Waals surface area contributed by atoms with Gasteiger partial charge in [0, 0.05) is 6.08 Å². The average molecular weight is 188 g/mol. The smallest absolute Gasteiger partial charge is 0.186 e. The lowest BCUT2D eigenvalue weighted by molar-refractivity contribution is -0.119. The van der Waals surface area contributed by atoms with Crippen molar-refractivity contribution in [3.63, 3.8) is 0 Å². The van der Waals surface area contributed by atoms with Crippen molar-refractivity contribution in [2.45, 2.75) is 13.8 Å². The van der Waals surface area contributed by atoms with Gasteiger partial charge in [0.15, 0.2) is 10.8 Å². The molecule has 0 heterocycles. The summed E-state index contributed by atoms with van der Waals surface area (Å²) in [6.07, 6.45) is 2.86. The molecule has 0 N–H and O–H groups in total. The molecule has 0 aromatic carbocycles. The first-order valence-corrected chi connectivity index (χ1v) is 4.02. The maximum Gasteiger partial charge on any atom is 0.186 e. The van der Waals surface area contributed by atoms with E-state index in [2.05, 4.69) is 0 Å². The first-order chi connectivity index (χ1) is 5.66. The maximum absolute atomic E-state index is 10.4. The van der Waals surface area contributed by atoms with Crippen molar-refractivity contribution in [2.75, 3.05) is 13.2 Å². The first-order valence-electron chi connectivity index (χ1n) is 3.61. The molecule has 0 radical (unpaired) electrons. The Morgan fingerprint density at radius 1 is 1.58 bits per heavy atom. The highest BCUT2D eigenvalue weighted by molar-refractivity contribution is 7.80. The topological polar surface area (TPSA) is 35.5 Å². The summed E-state index contributed by atoms with van der Waals surface area (Å²) in [5.74, 6) is -0.0259. The van der Waals surface area contributed by atoms with Crippen molar-refractivity contribution in [1.29, 1.82) is 0 Å². The Morgan fingerprint density at radius 2 is 2.25 bits per heavy atom. The van der Waals surface area contributed by atoms with Crippen LogP contribution < -0.4 is 0 Å². The predicted molar refractivity (Wildman–Crippen MR) is 50.0 cm³/mol. The molecule has 0 aliphatic rings. The van der Waals surface area contributed by atoms with Crippen LogP contribution in [-0.2, 0) is 14.3 Å². The lowest BCUT2D eigenvalue weighted by Crippen LogP contribution is -2.00. The van der Waals surface area contributed by atoms with Gasteiger partial charge in [-0.2, -0.15) is 0 Å². The summed E-state index contributed by atoms with van der Waals surface area (Å²) >= 11 is 4.76. The predicted octanol–water partition coefficient (Wildman–Crippen LogP) is 1.47. The van der Waals surface area contributed by atoms with E-state index in [4.69, 9.17) is 21.7 Å². The molecular weight excluding hydrogens is 176 g/mol. The molecule has 0 unspecified atom stereocenters. The summed E-state index contributed by atoms with van der Waals surface area (Å²) in [7, 11) is 0. The van der Waals surface area contributed by atoms with Crippen molar-refractivity contribution in [1.82, 2.24) is 0 Å². The Kier molecular flexibility index (Phi) is 6.28. The minimum Gasteiger partial charge on any atom is -0.493 e. The van der Waals surface area contributed by atoms with Crippen LogP contribution in [0.4, 0.5) is 0 Å². The first kappa shape index (κ1) is 11.1. The molecule has 0 atom stereocenters. The van der Waals surface area contributed by atoms with E-state index in [1.807, 2.05) is 6.92 Å². The Bertz CT molecular complexity index is 187. The Balaban J connectivity index is 3.48. The number of rotatable bonds is 5. The molecule has 0 amide bonds. The van der Waals surface area contributed by atoms with Gasteiger partial charge in [-0.3, -0.25) is 4.79 Å². The number of carbonyl (C=O) groups excluding carboxylic acids is 1. The van der Waals surface area contributed by atoms with E-state index in [0.717, 1.165) is 0 Å². The summed E-state index contributed by atoms with van der Waals surface area (Å²) < 4.78 is 9.74. The van der Waals surface area contributed by atoms with Gasteiger partial charge in [-0.15, -0.1) is 0 Å². The molecule has 0 saturated heterocycles. The van der Waals surface area contributed by atoms with Crippen LogP contribution in [0.3, 0.4) is 0 Å². The highest BCUT2D eigenvalue weighted by atomic mass is 32.1. The number of carbonyl (C=O) groups is 1. The van der Waals surface area contributed by atoms with Gasteiger partial charge in [0.2, 0.25) is 0 Å². The van der Waals surface area contributed by atoms with E-state index < -0.39 is 0 Å². The van der Waals surface area contributed by atoms with Crippen molar-refractivity contribution < 1.29 is 14.3 Å². The number of ketones is 1. The lowest BCUT2D eigenvalue weighted by Gasteiger charge is -1.98. The standard InChI is InChI=1S/C8H12O3S/c1-3-11-8(12)4-5-10-6-7(2)9/h4-5H,3,6H2,1-2H3. The summed E-state index contributed by atoms with van der Waals surface area (Å²) in [4.78, 5) is 10.4. The number of thiocarbonyl (C=S) groups is 1. The number of ether oxygens (including phenoxy) is 2. The van der Waals surface area contributed by atoms with Gasteiger partial charge >= 0.3 is 0 Å². The largest absolute Gasteiger partial charge is 0.493 e. The van der Waals surface area contributed by atoms with Gasteiger partial charge in [-0.1, -0.05) is 0 Å². The van der Waals surface area contributed by atoms with E-state index in [1.165, 1.54) is 19.3 Å². The SMILES string of the molecule is CCOC(=S)C=COCC(C)=O. The van der Waals surface area contributed by atoms with E-state index in [-0.39, 0.29) is 12.4 Å². The molecule has 12 heavy (non-hydrogen) atoms. The second-order valence-electron chi connectivity index (χ2n) is 2.07. The summed E-state index contributed by atoms with van der Waals surface area (Å²) in [5.41, 5.74) is 0. The van der Waals surface area contributed by atoms with Crippen molar-refractivity contribution in [2.24, 2.45) is 0 Å². The summed E-state index contributed by atoms with van der Waals surface area (Å²) in [5, 5.41) is 0.362. The lowest BCUT2D eigenvalue weighted by atomic mass is 10.5. The molecule has 0 bridgehead atoms. The molecule has 4 heteroatoms. The minimum absolute atomic E-state index is 0.0259. The molecule has 0 aliphatic heterocycles. The van der Waals surface area contributed by atoms with Gasteiger partial charge in [-0.25, -0.2) is 0 Å². The summed E-state index contributed by atoms with van der Waals surface area (Å²) in [6, 6.07) is 0. The molecule has 0 saturated carbocycles. The molecule has 0 aromatic rings. The fourth-order valence-corrected chi connectivity index (χ4v) is 0.633. The molecule has 0 rings (SSSR count). The van der Waals surface area contributed by atoms with Crippen LogP contribution in [0.15, 0.2) is 12.3 Å². The highest BCUT2D eigenvalue weighted by Crippen LogP contribution is 1.86. The van der Waals surface area contributed by atoms with E-state index >= 15 is 0 Å². The van der Waals surface area contributed by atoms with Crippen molar-refractivity contribution >= 4 is 23.1 Å². The van der Waals surface area contributed by atoms with Gasteiger partial charge in [-0.05, 0) is 26.1 Å².